The molecule has 0 amide bonds. The first-order valence-electron chi connectivity index (χ1n) is 8.34. The maximum absolute atomic E-state index is 5.56. The number of ether oxygens (including phenoxy) is 2. The summed E-state index contributed by atoms with van der Waals surface area (Å²) in [5.74, 6) is 0.870. The average Bonchev–Trinajstić information content (AvgIpc) is 2.52. The number of unbranched alkanes of at least 4 members (excludes halogenated alkanes) is 5. The van der Waals surface area contributed by atoms with Crippen molar-refractivity contribution in [2.24, 2.45) is 0 Å². The van der Waals surface area contributed by atoms with E-state index in [1.54, 1.807) is 0 Å². The van der Waals surface area contributed by atoms with E-state index in [0.717, 1.165) is 25.2 Å². The van der Waals surface area contributed by atoms with Gasteiger partial charge in [-0.2, -0.15) is 0 Å². The monoisotopic (exact) mass is 290 g/mol. The van der Waals surface area contributed by atoms with Crippen LogP contribution in [0.2, 0.25) is 0 Å². The molecule has 2 nitrogen and oxygen atoms in total. The summed E-state index contributed by atoms with van der Waals surface area (Å²) < 4.78 is 11.0. The lowest BCUT2D eigenvalue weighted by atomic mass is 10.1. The third kappa shape index (κ3) is 9.30. The van der Waals surface area contributed by atoms with E-state index in [1.165, 1.54) is 37.7 Å². The first-order valence-corrected chi connectivity index (χ1v) is 8.34. The zero-order valence-corrected chi connectivity index (χ0v) is 13.6. The Morgan fingerprint density at radius 3 is 2.38 bits per heavy atom. The molecule has 0 fully saturated rings. The lowest BCUT2D eigenvalue weighted by Gasteiger charge is -2.07. The minimum Gasteiger partial charge on any atom is -0.468 e. The second-order valence-corrected chi connectivity index (χ2v) is 5.34. The van der Waals surface area contributed by atoms with E-state index in [4.69, 9.17) is 9.47 Å². The van der Waals surface area contributed by atoms with E-state index >= 15 is 0 Å². The number of rotatable bonds is 12. The van der Waals surface area contributed by atoms with Crippen LogP contribution < -0.4 is 4.74 Å². The summed E-state index contributed by atoms with van der Waals surface area (Å²) in [6, 6.07) is 8.16. The summed E-state index contributed by atoms with van der Waals surface area (Å²) in [5.41, 5.74) is 1.22. The zero-order chi connectivity index (χ0) is 15.2. The SMILES string of the molecule is CCCCC=Cc1ccc(OCOCCCCCC)cc1. The van der Waals surface area contributed by atoms with Gasteiger partial charge >= 0.3 is 0 Å². The Bertz CT molecular complexity index is 368. The van der Waals surface area contributed by atoms with Crippen molar-refractivity contribution in [3.8, 4) is 5.75 Å². The van der Waals surface area contributed by atoms with Crippen LogP contribution in [0.5, 0.6) is 5.75 Å². The second-order valence-electron chi connectivity index (χ2n) is 5.34. The molecule has 21 heavy (non-hydrogen) atoms. The third-order valence-corrected chi connectivity index (χ3v) is 3.37. The van der Waals surface area contributed by atoms with Crippen LogP contribution in [0.1, 0.15) is 64.4 Å². The zero-order valence-electron chi connectivity index (χ0n) is 13.6. The first-order chi connectivity index (χ1) is 10.4. The van der Waals surface area contributed by atoms with Gasteiger partial charge in [0.25, 0.3) is 0 Å². The van der Waals surface area contributed by atoms with Gasteiger partial charge in [0.2, 0.25) is 0 Å². The molecule has 0 unspecified atom stereocenters. The van der Waals surface area contributed by atoms with Gasteiger partial charge in [0.15, 0.2) is 6.79 Å². The van der Waals surface area contributed by atoms with E-state index in [2.05, 4.69) is 38.1 Å². The fourth-order valence-corrected chi connectivity index (χ4v) is 2.02. The molecule has 0 radical (unpaired) electrons. The number of benzene rings is 1. The van der Waals surface area contributed by atoms with Crippen LogP contribution in [0.25, 0.3) is 6.08 Å². The summed E-state index contributed by atoms with van der Waals surface area (Å²) in [4.78, 5) is 0. The molecule has 1 rings (SSSR count). The van der Waals surface area contributed by atoms with Gasteiger partial charge in [-0.3, -0.25) is 0 Å². The van der Waals surface area contributed by atoms with E-state index in [-0.39, 0.29) is 0 Å². The first kappa shape index (κ1) is 17.8. The highest BCUT2D eigenvalue weighted by Gasteiger charge is 1.94. The summed E-state index contributed by atoms with van der Waals surface area (Å²) in [5, 5.41) is 0. The van der Waals surface area contributed by atoms with Gasteiger partial charge in [-0.15, -0.1) is 0 Å². The Labute approximate surface area is 130 Å². The highest BCUT2D eigenvalue weighted by Crippen LogP contribution is 2.14. The normalized spacial score (nSPS) is 11.1. The molecule has 0 N–H and O–H groups in total. The lowest BCUT2D eigenvalue weighted by molar-refractivity contribution is 0.0135. The maximum atomic E-state index is 5.56. The van der Waals surface area contributed by atoms with Crippen LogP contribution in [0, 0.1) is 0 Å². The Balaban J connectivity index is 2.14. The maximum Gasteiger partial charge on any atom is 0.189 e. The van der Waals surface area contributed by atoms with Crippen LogP contribution in [0.15, 0.2) is 30.3 Å². The highest BCUT2D eigenvalue weighted by molar-refractivity contribution is 5.50. The van der Waals surface area contributed by atoms with Crippen LogP contribution in [0.3, 0.4) is 0 Å². The lowest BCUT2D eigenvalue weighted by Crippen LogP contribution is -2.04. The molecule has 0 saturated heterocycles. The van der Waals surface area contributed by atoms with Crippen molar-refractivity contribution in [3.05, 3.63) is 35.9 Å². The standard InChI is InChI=1S/C19H30O2/c1-3-5-7-9-11-18-12-14-19(15-13-18)21-17-20-16-10-8-6-4-2/h9,11-15H,3-8,10,16-17H2,1-2H3. The topological polar surface area (TPSA) is 18.5 Å². The number of allylic oxidation sites excluding steroid dienone is 1. The van der Waals surface area contributed by atoms with Crippen LogP contribution in [-0.2, 0) is 4.74 Å². The van der Waals surface area contributed by atoms with Gasteiger partial charge in [0.1, 0.15) is 5.75 Å². The number of hydrogen-bond donors (Lipinski definition) is 0. The Hall–Kier alpha value is -1.28. The van der Waals surface area contributed by atoms with Crippen molar-refractivity contribution in [1.82, 2.24) is 0 Å². The molecule has 0 atom stereocenters. The molecule has 2 heteroatoms. The fraction of sp³-hybridized carbons (Fsp3) is 0.579. The van der Waals surface area contributed by atoms with Crippen molar-refractivity contribution < 1.29 is 9.47 Å². The molecular formula is C19H30O2. The molecule has 0 aliphatic rings. The summed E-state index contributed by atoms with van der Waals surface area (Å²) in [7, 11) is 0. The van der Waals surface area contributed by atoms with Gasteiger partial charge in [-0.1, -0.05) is 70.2 Å². The van der Waals surface area contributed by atoms with Crippen LogP contribution in [0.4, 0.5) is 0 Å². The molecule has 1 aromatic carbocycles. The van der Waals surface area contributed by atoms with E-state index in [1.807, 2.05) is 12.1 Å². The summed E-state index contributed by atoms with van der Waals surface area (Å²) in [6.45, 7) is 5.56. The van der Waals surface area contributed by atoms with Crippen LogP contribution >= 0.6 is 0 Å². The van der Waals surface area contributed by atoms with Gasteiger partial charge in [0.05, 0.1) is 6.61 Å². The molecule has 0 bridgehead atoms. The Morgan fingerprint density at radius 2 is 1.67 bits per heavy atom. The van der Waals surface area contributed by atoms with Crippen molar-refractivity contribution in [1.29, 1.82) is 0 Å². The van der Waals surface area contributed by atoms with Crippen LogP contribution in [-0.4, -0.2) is 13.4 Å². The van der Waals surface area contributed by atoms with Crippen molar-refractivity contribution in [2.45, 2.75) is 58.8 Å². The van der Waals surface area contributed by atoms with Gasteiger partial charge in [-0.25, -0.2) is 0 Å². The minimum absolute atomic E-state index is 0.345. The minimum atomic E-state index is 0.345. The second kappa shape index (κ2) is 12.5. The quantitative estimate of drug-likeness (QED) is 0.356. The third-order valence-electron chi connectivity index (χ3n) is 3.37. The molecular weight excluding hydrogens is 260 g/mol. The Kier molecular flexibility index (Phi) is 10.5. The van der Waals surface area contributed by atoms with E-state index in [9.17, 15) is 0 Å². The number of hydrogen-bond acceptors (Lipinski definition) is 2. The largest absolute Gasteiger partial charge is 0.468 e. The molecule has 0 aliphatic heterocycles. The predicted molar refractivity (Wildman–Crippen MR) is 90.6 cm³/mol. The Morgan fingerprint density at radius 1 is 0.905 bits per heavy atom. The fourth-order valence-electron chi connectivity index (χ4n) is 2.02. The van der Waals surface area contributed by atoms with Crippen molar-refractivity contribution >= 4 is 6.08 Å². The molecule has 0 aromatic heterocycles. The van der Waals surface area contributed by atoms with Crippen molar-refractivity contribution in [3.63, 3.8) is 0 Å². The predicted octanol–water partition coefficient (Wildman–Crippen LogP) is 5.82. The molecule has 0 spiro atoms. The van der Waals surface area contributed by atoms with Crippen molar-refractivity contribution in [2.75, 3.05) is 13.4 Å². The molecule has 1 aromatic rings. The van der Waals surface area contributed by atoms with Gasteiger partial charge in [0, 0.05) is 0 Å². The smallest absolute Gasteiger partial charge is 0.189 e. The summed E-state index contributed by atoms with van der Waals surface area (Å²) >= 11 is 0. The summed E-state index contributed by atoms with van der Waals surface area (Å²) in [6.07, 6.45) is 13.0. The molecule has 0 heterocycles. The van der Waals surface area contributed by atoms with E-state index < -0.39 is 0 Å². The van der Waals surface area contributed by atoms with Gasteiger partial charge < -0.3 is 9.47 Å². The van der Waals surface area contributed by atoms with Gasteiger partial charge in [-0.05, 0) is 30.5 Å². The average molecular weight is 290 g/mol. The molecule has 118 valence electrons. The molecule has 0 saturated carbocycles. The van der Waals surface area contributed by atoms with E-state index in [0.29, 0.717) is 6.79 Å². The molecule has 0 aliphatic carbocycles. The highest BCUT2D eigenvalue weighted by atomic mass is 16.7.